The van der Waals surface area contributed by atoms with Gasteiger partial charge in [0.25, 0.3) is 5.91 Å². The number of ether oxygens (including phenoxy) is 2. The summed E-state index contributed by atoms with van der Waals surface area (Å²) in [6.07, 6.45) is -3.02. The van der Waals surface area contributed by atoms with Gasteiger partial charge in [0.05, 0.1) is 16.1 Å². The molecular weight excluding hydrogens is 533 g/mol. The Bertz CT molecular complexity index is 1070. The van der Waals surface area contributed by atoms with Crippen molar-refractivity contribution in [3.05, 3.63) is 46.6 Å². The van der Waals surface area contributed by atoms with E-state index in [-0.39, 0.29) is 23.4 Å². The van der Waals surface area contributed by atoms with Gasteiger partial charge in [0.1, 0.15) is 17.2 Å². The summed E-state index contributed by atoms with van der Waals surface area (Å²) in [4.78, 5) is 33.0. The Balaban J connectivity index is 1.61. The molecule has 1 N–H and O–H groups in total. The number of halogens is 4. The van der Waals surface area contributed by atoms with Crippen LogP contribution in [0, 0.1) is 0 Å². The van der Waals surface area contributed by atoms with Gasteiger partial charge in [0.2, 0.25) is 0 Å². The van der Waals surface area contributed by atoms with Gasteiger partial charge >= 0.3 is 12.5 Å². The van der Waals surface area contributed by atoms with Gasteiger partial charge in [-0.3, -0.25) is 4.79 Å². The molecule has 3 rings (SSSR count). The zero-order chi connectivity index (χ0) is 26.0. The summed E-state index contributed by atoms with van der Waals surface area (Å²) in [5, 5.41) is 2.61. The largest absolute Gasteiger partial charge is 0.573 e. The van der Waals surface area contributed by atoms with Crippen molar-refractivity contribution >= 4 is 39.4 Å². The van der Waals surface area contributed by atoms with Crippen LogP contribution in [-0.4, -0.2) is 60.0 Å². The highest BCUT2D eigenvalue weighted by Crippen LogP contribution is 2.30. The third-order valence-corrected chi connectivity index (χ3v) is 5.71. The number of nitrogens with zero attached hydrogens (tertiary/aromatic N) is 3. The maximum absolute atomic E-state index is 12.6. The van der Waals surface area contributed by atoms with Crippen molar-refractivity contribution in [2.75, 3.05) is 30.4 Å². The van der Waals surface area contributed by atoms with Crippen LogP contribution in [0.25, 0.3) is 0 Å². The second kappa shape index (κ2) is 10.3. The minimum atomic E-state index is -4.79. The van der Waals surface area contributed by atoms with E-state index in [1.807, 2.05) is 25.7 Å². The summed E-state index contributed by atoms with van der Waals surface area (Å²) in [5.41, 5.74) is -0.0149. The highest BCUT2D eigenvalue weighted by atomic mass is 79.9. The smallest absolute Gasteiger partial charge is 0.444 e. The number of rotatable bonds is 5. The van der Waals surface area contributed by atoms with Crippen molar-refractivity contribution in [3.8, 4) is 5.75 Å². The molecule has 1 aliphatic heterocycles. The fourth-order valence-electron chi connectivity index (χ4n) is 3.46. The number of aromatic nitrogens is 1. The van der Waals surface area contributed by atoms with Gasteiger partial charge in [-0.05, 0) is 73.5 Å². The summed E-state index contributed by atoms with van der Waals surface area (Å²) in [6.45, 7) is 6.67. The molecule has 2 heterocycles. The van der Waals surface area contributed by atoms with Gasteiger partial charge in [-0.25, -0.2) is 9.78 Å². The fourth-order valence-corrected chi connectivity index (χ4v) is 4.06. The summed E-state index contributed by atoms with van der Waals surface area (Å²) in [6, 6.07) is 6.40. The van der Waals surface area contributed by atoms with E-state index in [2.05, 4.69) is 31.0 Å². The molecule has 0 saturated carbocycles. The van der Waals surface area contributed by atoms with Crippen molar-refractivity contribution < 1.29 is 32.2 Å². The van der Waals surface area contributed by atoms with Crippen LogP contribution in [0.15, 0.2) is 41.0 Å². The predicted octanol–water partition coefficient (Wildman–Crippen LogP) is 5.44. The molecular formula is C23H26BrF3N4O4. The first-order valence-electron chi connectivity index (χ1n) is 10.8. The molecule has 0 bridgehead atoms. The quantitative estimate of drug-likeness (QED) is 0.526. The topological polar surface area (TPSA) is 84.0 Å². The first-order chi connectivity index (χ1) is 16.2. The lowest BCUT2D eigenvalue weighted by Crippen LogP contribution is -2.42. The first-order valence-corrected chi connectivity index (χ1v) is 11.5. The second-order valence-corrected chi connectivity index (χ2v) is 9.89. The summed E-state index contributed by atoms with van der Waals surface area (Å²) in [7, 11) is 1.71. The Kier molecular flexibility index (Phi) is 7.83. The van der Waals surface area contributed by atoms with E-state index in [9.17, 15) is 22.8 Å². The SMILES string of the molecule is CN(C(=O)OC(C)(C)C)C1CCN(c2ncc(C(=O)Nc3ccc(OC(F)(F)F)cc3)cc2Br)C1. The average molecular weight is 559 g/mol. The number of carbonyl (C=O) groups excluding carboxylic acids is 2. The van der Waals surface area contributed by atoms with Crippen LogP contribution in [0.5, 0.6) is 5.75 Å². The van der Waals surface area contributed by atoms with E-state index in [1.165, 1.54) is 18.3 Å². The van der Waals surface area contributed by atoms with Crippen molar-refractivity contribution in [1.29, 1.82) is 0 Å². The summed E-state index contributed by atoms with van der Waals surface area (Å²) in [5.74, 6) is -0.223. The number of carbonyl (C=O) groups is 2. The van der Waals surface area contributed by atoms with E-state index >= 15 is 0 Å². The van der Waals surface area contributed by atoms with Gasteiger partial charge < -0.3 is 24.6 Å². The molecule has 0 spiro atoms. The average Bonchev–Trinajstić information content (AvgIpc) is 3.22. The number of likely N-dealkylation sites (N-methyl/N-ethyl adjacent to an activating group) is 1. The molecule has 1 saturated heterocycles. The van der Waals surface area contributed by atoms with Crippen molar-refractivity contribution in [2.45, 2.75) is 45.2 Å². The minimum absolute atomic E-state index is 0.0502. The Morgan fingerprint density at radius 2 is 1.86 bits per heavy atom. The van der Waals surface area contributed by atoms with Gasteiger partial charge in [-0.2, -0.15) is 0 Å². The number of alkyl halides is 3. The molecule has 1 aliphatic rings. The summed E-state index contributed by atoms with van der Waals surface area (Å²) < 4.78 is 46.7. The third kappa shape index (κ3) is 7.48. The number of anilines is 2. The van der Waals surface area contributed by atoms with E-state index in [1.54, 1.807) is 18.0 Å². The van der Waals surface area contributed by atoms with E-state index in [0.29, 0.717) is 29.1 Å². The van der Waals surface area contributed by atoms with Gasteiger partial charge in [-0.15, -0.1) is 13.2 Å². The van der Waals surface area contributed by atoms with Crippen LogP contribution in [0.2, 0.25) is 0 Å². The fraction of sp³-hybridized carbons (Fsp3) is 0.435. The molecule has 190 valence electrons. The third-order valence-electron chi connectivity index (χ3n) is 5.12. The molecule has 1 fully saturated rings. The van der Waals surface area contributed by atoms with Crippen molar-refractivity contribution in [2.24, 2.45) is 0 Å². The van der Waals surface area contributed by atoms with Crippen molar-refractivity contribution in [1.82, 2.24) is 9.88 Å². The molecule has 0 radical (unpaired) electrons. The maximum Gasteiger partial charge on any atom is 0.573 e. The lowest BCUT2D eigenvalue weighted by Gasteiger charge is -2.28. The standard InChI is InChI=1S/C23H26BrF3N4O4/c1-22(2,3)35-21(33)30(4)16-9-10-31(13-16)19-18(24)11-14(12-28-19)20(32)29-15-5-7-17(8-6-15)34-23(25,26)27/h5-8,11-12,16H,9-10,13H2,1-4H3,(H,29,32). The second-order valence-electron chi connectivity index (χ2n) is 9.04. The zero-order valence-electron chi connectivity index (χ0n) is 19.6. The molecule has 2 aromatic rings. The van der Waals surface area contributed by atoms with Gasteiger partial charge in [0.15, 0.2) is 0 Å². The molecule has 1 aromatic carbocycles. The number of benzene rings is 1. The lowest BCUT2D eigenvalue weighted by molar-refractivity contribution is -0.274. The Hall–Kier alpha value is -3.02. The lowest BCUT2D eigenvalue weighted by atomic mass is 10.2. The Labute approximate surface area is 209 Å². The highest BCUT2D eigenvalue weighted by molar-refractivity contribution is 9.10. The summed E-state index contributed by atoms with van der Waals surface area (Å²) >= 11 is 3.46. The normalized spacial score (nSPS) is 16.1. The molecule has 0 aliphatic carbocycles. The van der Waals surface area contributed by atoms with Crippen molar-refractivity contribution in [3.63, 3.8) is 0 Å². The monoisotopic (exact) mass is 558 g/mol. The minimum Gasteiger partial charge on any atom is -0.444 e. The van der Waals surface area contributed by atoms with Crippen LogP contribution in [0.1, 0.15) is 37.6 Å². The van der Waals surface area contributed by atoms with Crippen LogP contribution in [0.4, 0.5) is 29.5 Å². The molecule has 1 aromatic heterocycles. The number of hydrogen-bond donors (Lipinski definition) is 1. The van der Waals surface area contributed by atoms with Gasteiger partial charge in [0, 0.05) is 32.0 Å². The zero-order valence-corrected chi connectivity index (χ0v) is 21.2. The first kappa shape index (κ1) is 26.6. The van der Waals surface area contributed by atoms with Crippen LogP contribution < -0.4 is 15.0 Å². The van der Waals surface area contributed by atoms with Crippen LogP contribution in [-0.2, 0) is 4.74 Å². The van der Waals surface area contributed by atoms with E-state index in [4.69, 9.17) is 4.74 Å². The predicted molar refractivity (Wildman–Crippen MR) is 128 cm³/mol. The number of amides is 2. The number of nitrogens with one attached hydrogen (secondary N) is 1. The van der Waals surface area contributed by atoms with E-state index in [0.717, 1.165) is 18.6 Å². The van der Waals surface area contributed by atoms with E-state index < -0.39 is 17.9 Å². The Morgan fingerprint density at radius 1 is 1.20 bits per heavy atom. The molecule has 35 heavy (non-hydrogen) atoms. The molecule has 1 atom stereocenters. The molecule has 12 heteroatoms. The maximum atomic E-state index is 12.6. The Morgan fingerprint density at radius 3 is 2.43 bits per heavy atom. The van der Waals surface area contributed by atoms with Gasteiger partial charge in [-0.1, -0.05) is 0 Å². The molecule has 2 amide bonds. The van der Waals surface area contributed by atoms with Crippen LogP contribution in [0.3, 0.4) is 0 Å². The molecule has 8 nitrogen and oxygen atoms in total. The molecule has 1 unspecified atom stereocenters. The number of pyridine rings is 1. The highest BCUT2D eigenvalue weighted by Gasteiger charge is 2.33. The number of hydrogen-bond acceptors (Lipinski definition) is 6. The van der Waals surface area contributed by atoms with Crippen LogP contribution >= 0.6 is 15.9 Å².